The molecule has 0 aliphatic carbocycles. The Bertz CT molecular complexity index is 572. The van der Waals surface area contributed by atoms with E-state index >= 15 is 0 Å². The fraction of sp³-hybridized carbons (Fsp3) is 0.429. The number of rotatable bonds is 3. The van der Waals surface area contributed by atoms with Crippen molar-refractivity contribution in [1.29, 1.82) is 0 Å². The zero-order chi connectivity index (χ0) is 13.8. The largest absolute Gasteiger partial charge is 0.224 e. The van der Waals surface area contributed by atoms with Crippen LogP contribution in [0.15, 0.2) is 29.2 Å². The molecule has 2 nitrogen and oxygen atoms in total. The third-order valence-corrected chi connectivity index (χ3v) is 5.04. The van der Waals surface area contributed by atoms with Crippen LogP contribution in [0, 0.1) is 11.5 Å². The Hall–Kier alpha value is -1.05. The summed E-state index contributed by atoms with van der Waals surface area (Å²) in [6, 6.07) is 6.94. The second-order valence-electron chi connectivity index (χ2n) is 5.35. The van der Waals surface area contributed by atoms with Crippen LogP contribution in [0.5, 0.6) is 0 Å². The first-order valence-electron chi connectivity index (χ1n) is 6.10. The van der Waals surface area contributed by atoms with Crippen LogP contribution in [-0.4, -0.2) is 22.2 Å². The first-order valence-corrected chi connectivity index (χ1v) is 11.3. The molecule has 1 aromatic rings. The Morgan fingerprint density at radius 1 is 1.22 bits per heavy atom. The molecule has 0 fully saturated rings. The predicted molar refractivity (Wildman–Crippen MR) is 79.0 cm³/mol. The summed E-state index contributed by atoms with van der Waals surface area (Å²) in [4.78, 5) is 0.381. The molecule has 0 N–H and O–H groups in total. The van der Waals surface area contributed by atoms with Crippen LogP contribution in [-0.2, 0) is 9.84 Å². The van der Waals surface area contributed by atoms with Crippen LogP contribution in [0.1, 0.15) is 18.9 Å². The maximum atomic E-state index is 11.9. The lowest BCUT2D eigenvalue weighted by Crippen LogP contribution is -2.16. The van der Waals surface area contributed by atoms with Gasteiger partial charge in [-0.3, -0.25) is 0 Å². The number of hydrogen-bond donors (Lipinski definition) is 0. The van der Waals surface area contributed by atoms with E-state index in [1.54, 1.807) is 18.2 Å². The molecule has 4 heteroatoms. The molecular weight excluding hydrogens is 260 g/mol. The van der Waals surface area contributed by atoms with Crippen molar-refractivity contribution in [3.63, 3.8) is 0 Å². The molecule has 18 heavy (non-hydrogen) atoms. The van der Waals surface area contributed by atoms with E-state index in [1.807, 2.05) is 13.0 Å². The highest BCUT2D eigenvalue weighted by atomic mass is 32.2. The molecule has 1 rings (SSSR count). The third kappa shape index (κ3) is 4.67. The van der Waals surface area contributed by atoms with E-state index in [-0.39, 0.29) is 5.75 Å². The normalized spacial score (nSPS) is 11.8. The van der Waals surface area contributed by atoms with E-state index in [9.17, 15) is 8.42 Å². The Morgan fingerprint density at radius 2 is 1.89 bits per heavy atom. The van der Waals surface area contributed by atoms with Crippen molar-refractivity contribution in [2.45, 2.75) is 37.9 Å². The minimum absolute atomic E-state index is 0.192. The van der Waals surface area contributed by atoms with Crippen molar-refractivity contribution in [3.8, 4) is 11.5 Å². The molecule has 98 valence electrons. The van der Waals surface area contributed by atoms with Crippen molar-refractivity contribution < 1.29 is 8.42 Å². The molecule has 0 heterocycles. The molecule has 0 aliphatic heterocycles. The summed E-state index contributed by atoms with van der Waals surface area (Å²) in [5, 5.41) is 0. The van der Waals surface area contributed by atoms with Crippen LogP contribution in [0.25, 0.3) is 0 Å². The summed E-state index contributed by atoms with van der Waals surface area (Å²) in [6.07, 6.45) is 0.632. The number of benzene rings is 1. The van der Waals surface area contributed by atoms with E-state index in [0.717, 1.165) is 5.56 Å². The first-order chi connectivity index (χ1) is 8.24. The topological polar surface area (TPSA) is 34.1 Å². The summed E-state index contributed by atoms with van der Waals surface area (Å²) < 4.78 is 23.9. The maximum Gasteiger partial charge on any atom is 0.178 e. The van der Waals surface area contributed by atoms with Gasteiger partial charge in [-0.25, -0.2) is 8.42 Å². The third-order valence-electron chi connectivity index (χ3n) is 2.25. The monoisotopic (exact) mass is 280 g/mol. The van der Waals surface area contributed by atoms with Gasteiger partial charge in [0.15, 0.2) is 9.84 Å². The Labute approximate surface area is 111 Å². The highest BCUT2D eigenvalue weighted by molar-refractivity contribution is 7.91. The lowest BCUT2D eigenvalue weighted by Gasteiger charge is -2.05. The zero-order valence-electron chi connectivity index (χ0n) is 11.4. The summed E-state index contributed by atoms with van der Waals surface area (Å²) in [7, 11) is -4.57. The van der Waals surface area contributed by atoms with Gasteiger partial charge in [0.05, 0.1) is 10.6 Å². The van der Waals surface area contributed by atoms with Crippen LogP contribution in [0.4, 0.5) is 0 Å². The highest BCUT2D eigenvalue weighted by Gasteiger charge is 2.13. The fourth-order valence-corrected chi connectivity index (χ4v) is 3.30. The zero-order valence-corrected chi connectivity index (χ0v) is 13.3. The summed E-state index contributed by atoms with van der Waals surface area (Å²) in [6.45, 7) is 8.36. The van der Waals surface area contributed by atoms with E-state index < -0.39 is 17.9 Å². The Kier molecular flexibility index (Phi) is 4.77. The summed E-state index contributed by atoms with van der Waals surface area (Å²) in [5.41, 5.74) is 4.03. The van der Waals surface area contributed by atoms with Gasteiger partial charge < -0.3 is 0 Å². The standard InChI is InChI=1S/C14H20O2SSi/c1-5-10-17(15,16)14-8-6-7-13(12-14)9-11-18(2,3)4/h6-8,12H,5,10H2,1-4H3. The molecule has 0 atom stereocenters. The predicted octanol–water partition coefficient (Wildman–Crippen LogP) is 3.10. The van der Waals surface area contributed by atoms with Crippen molar-refractivity contribution in [2.75, 3.05) is 5.75 Å². The average molecular weight is 280 g/mol. The molecule has 0 aromatic heterocycles. The van der Waals surface area contributed by atoms with Gasteiger partial charge in [0.1, 0.15) is 8.07 Å². The number of hydrogen-bond acceptors (Lipinski definition) is 2. The van der Waals surface area contributed by atoms with Gasteiger partial charge in [0.25, 0.3) is 0 Å². The van der Waals surface area contributed by atoms with Gasteiger partial charge >= 0.3 is 0 Å². The van der Waals surface area contributed by atoms with Crippen molar-refractivity contribution in [2.24, 2.45) is 0 Å². The molecule has 0 saturated heterocycles. The van der Waals surface area contributed by atoms with Gasteiger partial charge in [0.2, 0.25) is 0 Å². The van der Waals surface area contributed by atoms with Crippen molar-refractivity contribution >= 4 is 17.9 Å². The van der Waals surface area contributed by atoms with E-state index in [4.69, 9.17) is 0 Å². The summed E-state index contributed by atoms with van der Waals surface area (Å²) >= 11 is 0. The Morgan fingerprint density at radius 3 is 2.44 bits per heavy atom. The molecule has 0 bridgehead atoms. The molecule has 0 spiro atoms. The van der Waals surface area contributed by atoms with Gasteiger partial charge in [0, 0.05) is 5.56 Å². The lowest BCUT2D eigenvalue weighted by atomic mass is 10.2. The quantitative estimate of drug-likeness (QED) is 0.630. The highest BCUT2D eigenvalue weighted by Crippen LogP contribution is 2.14. The summed E-state index contributed by atoms with van der Waals surface area (Å²) in [5.74, 6) is 3.28. The Balaban J connectivity index is 3.10. The molecule has 1 aromatic carbocycles. The van der Waals surface area contributed by atoms with Gasteiger partial charge in [-0.2, -0.15) is 0 Å². The second kappa shape index (κ2) is 5.72. The molecule has 0 radical (unpaired) electrons. The first kappa shape index (κ1) is 15.0. The minimum atomic E-state index is -3.14. The average Bonchev–Trinajstić information content (AvgIpc) is 2.26. The molecule has 0 unspecified atom stereocenters. The lowest BCUT2D eigenvalue weighted by molar-refractivity contribution is 0.594. The van der Waals surface area contributed by atoms with Crippen LogP contribution >= 0.6 is 0 Å². The molecule has 0 saturated carbocycles. The van der Waals surface area contributed by atoms with Crippen LogP contribution in [0.2, 0.25) is 19.6 Å². The van der Waals surface area contributed by atoms with Gasteiger partial charge in [-0.15, -0.1) is 5.54 Å². The molecule has 0 amide bonds. The van der Waals surface area contributed by atoms with Gasteiger partial charge in [-0.1, -0.05) is 38.6 Å². The SMILES string of the molecule is CCCS(=O)(=O)c1cccc(C#C[Si](C)(C)C)c1. The van der Waals surface area contributed by atoms with E-state index in [2.05, 4.69) is 31.1 Å². The minimum Gasteiger partial charge on any atom is -0.224 e. The fourth-order valence-electron chi connectivity index (χ4n) is 1.41. The van der Waals surface area contributed by atoms with Crippen LogP contribution < -0.4 is 0 Å². The maximum absolute atomic E-state index is 11.9. The van der Waals surface area contributed by atoms with E-state index in [1.165, 1.54) is 0 Å². The smallest absolute Gasteiger partial charge is 0.178 e. The van der Waals surface area contributed by atoms with Crippen molar-refractivity contribution in [1.82, 2.24) is 0 Å². The van der Waals surface area contributed by atoms with Crippen molar-refractivity contribution in [3.05, 3.63) is 29.8 Å². The number of sulfone groups is 1. The van der Waals surface area contributed by atoms with Gasteiger partial charge in [-0.05, 0) is 24.6 Å². The van der Waals surface area contributed by atoms with E-state index in [0.29, 0.717) is 11.3 Å². The molecular formula is C14H20O2SSi. The second-order valence-corrected chi connectivity index (χ2v) is 12.2. The molecule has 0 aliphatic rings. The van der Waals surface area contributed by atoms with Crippen LogP contribution in [0.3, 0.4) is 0 Å².